The number of aryl methyl sites for hydroxylation is 2. The molecule has 0 aliphatic heterocycles. The first-order valence-corrected chi connectivity index (χ1v) is 15.0. The molecule has 0 saturated heterocycles. The SMILES string of the molecule is CC(=O)O[C@H](C(=O)Nc1nnc(CCSCCc2nnc(NC(=O)[C@@H](O)c3ccccc3)s2)s1)c1ccccc1. The van der Waals surface area contributed by atoms with Gasteiger partial charge in [0, 0.05) is 25.3 Å². The van der Waals surface area contributed by atoms with E-state index >= 15 is 0 Å². The molecule has 0 bridgehead atoms. The number of hydrogen-bond donors (Lipinski definition) is 3. The van der Waals surface area contributed by atoms with E-state index in [1.807, 2.05) is 12.1 Å². The number of thioether (sulfide) groups is 1. The molecule has 40 heavy (non-hydrogen) atoms. The normalized spacial score (nSPS) is 12.3. The van der Waals surface area contributed by atoms with Crippen molar-refractivity contribution in [3.63, 3.8) is 0 Å². The number of ether oxygens (including phenoxy) is 1. The van der Waals surface area contributed by atoms with Gasteiger partial charge >= 0.3 is 5.97 Å². The van der Waals surface area contributed by atoms with Crippen molar-refractivity contribution < 1.29 is 24.2 Å². The lowest BCUT2D eigenvalue weighted by Gasteiger charge is -2.15. The minimum atomic E-state index is -1.28. The van der Waals surface area contributed by atoms with E-state index in [0.29, 0.717) is 34.2 Å². The van der Waals surface area contributed by atoms with Gasteiger partial charge in [0.15, 0.2) is 6.10 Å². The highest BCUT2D eigenvalue weighted by atomic mass is 32.2. The van der Waals surface area contributed by atoms with Crippen molar-refractivity contribution >= 4 is 62.5 Å². The van der Waals surface area contributed by atoms with Crippen LogP contribution >= 0.6 is 34.4 Å². The predicted molar refractivity (Wildman–Crippen MR) is 154 cm³/mol. The second kappa shape index (κ2) is 14.6. The Bertz CT molecular complexity index is 1420. The molecule has 2 atom stereocenters. The highest BCUT2D eigenvalue weighted by Gasteiger charge is 2.25. The Hall–Kier alpha value is -3.72. The van der Waals surface area contributed by atoms with E-state index in [9.17, 15) is 19.5 Å². The number of carbonyl (C=O) groups is 3. The van der Waals surface area contributed by atoms with Crippen LogP contribution in [0.1, 0.15) is 40.3 Å². The summed E-state index contributed by atoms with van der Waals surface area (Å²) in [5.41, 5.74) is 1.07. The highest BCUT2D eigenvalue weighted by molar-refractivity contribution is 7.99. The van der Waals surface area contributed by atoms with Crippen LogP contribution < -0.4 is 10.6 Å². The van der Waals surface area contributed by atoms with Gasteiger partial charge in [-0.2, -0.15) is 11.8 Å². The van der Waals surface area contributed by atoms with Crippen molar-refractivity contribution in [2.24, 2.45) is 0 Å². The molecule has 3 N–H and O–H groups in total. The number of rotatable bonds is 13. The number of aliphatic hydroxyl groups is 1. The summed E-state index contributed by atoms with van der Waals surface area (Å²) in [6, 6.07) is 17.4. The maximum atomic E-state index is 12.8. The molecule has 2 heterocycles. The molecule has 0 aliphatic carbocycles. The molecule has 2 aromatic heterocycles. The molecule has 11 nitrogen and oxygen atoms in total. The Kier molecular flexibility index (Phi) is 10.7. The number of amides is 2. The van der Waals surface area contributed by atoms with Crippen molar-refractivity contribution in [2.45, 2.75) is 32.0 Å². The smallest absolute Gasteiger partial charge is 0.303 e. The molecule has 14 heteroatoms. The van der Waals surface area contributed by atoms with Crippen molar-refractivity contribution in [3.8, 4) is 0 Å². The fourth-order valence-corrected chi connectivity index (χ4v) is 6.05. The summed E-state index contributed by atoms with van der Waals surface area (Å²) in [4.78, 5) is 36.5. The first kappa shape index (κ1) is 29.3. The van der Waals surface area contributed by atoms with Crippen molar-refractivity contribution in [2.75, 3.05) is 22.1 Å². The minimum Gasteiger partial charge on any atom is -0.447 e. The predicted octanol–water partition coefficient (Wildman–Crippen LogP) is 3.82. The first-order valence-electron chi connectivity index (χ1n) is 12.2. The summed E-state index contributed by atoms with van der Waals surface area (Å²) < 4.78 is 5.22. The molecule has 2 aromatic carbocycles. The zero-order valence-electron chi connectivity index (χ0n) is 21.4. The van der Waals surface area contributed by atoms with Crippen LogP contribution in [0.25, 0.3) is 0 Å². The van der Waals surface area contributed by atoms with Crippen LogP contribution in [-0.4, -0.2) is 54.8 Å². The third-order valence-corrected chi connectivity index (χ3v) is 8.08. The van der Waals surface area contributed by atoms with Crippen molar-refractivity contribution in [1.29, 1.82) is 0 Å². The Balaban J connectivity index is 1.18. The average Bonchev–Trinajstić information content (AvgIpc) is 3.61. The third-order valence-electron chi connectivity index (χ3n) is 5.30. The maximum Gasteiger partial charge on any atom is 0.303 e. The van der Waals surface area contributed by atoms with Gasteiger partial charge in [0.1, 0.15) is 10.0 Å². The molecule has 0 aliphatic rings. The van der Waals surface area contributed by atoms with Crippen LogP contribution in [0.3, 0.4) is 0 Å². The van der Waals surface area contributed by atoms with Gasteiger partial charge in [-0.3, -0.25) is 25.0 Å². The number of carbonyl (C=O) groups excluding carboxylic acids is 3. The van der Waals surface area contributed by atoms with E-state index in [0.717, 1.165) is 21.5 Å². The lowest BCUT2D eigenvalue weighted by molar-refractivity contribution is -0.152. The quantitative estimate of drug-likeness (QED) is 0.153. The van der Waals surface area contributed by atoms with Gasteiger partial charge in [0.05, 0.1) is 0 Å². The topological polar surface area (TPSA) is 156 Å². The van der Waals surface area contributed by atoms with Crippen LogP contribution in [-0.2, 0) is 32.0 Å². The summed E-state index contributed by atoms with van der Waals surface area (Å²) in [6.07, 6.45) is -1.02. The van der Waals surface area contributed by atoms with Crippen LogP contribution in [0, 0.1) is 0 Å². The molecule has 0 saturated carbocycles. The van der Waals surface area contributed by atoms with Crippen molar-refractivity contribution in [1.82, 2.24) is 20.4 Å². The molecule has 4 aromatic rings. The number of hydrogen-bond acceptors (Lipinski definition) is 12. The summed E-state index contributed by atoms with van der Waals surface area (Å²) in [6.45, 7) is 1.25. The molecule has 0 spiro atoms. The van der Waals surface area contributed by atoms with E-state index in [1.165, 1.54) is 29.6 Å². The van der Waals surface area contributed by atoms with E-state index in [2.05, 4.69) is 31.0 Å². The van der Waals surface area contributed by atoms with Gasteiger partial charge in [-0.1, -0.05) is 83.3 Å². The van der Waals surface area contributed by atoms with E-state index in [1.54, 1.807) is 60.3 Å². The Morgan fingerprint density at radius 3 is 1.82 bits per heavy atom. The minimum absolute atomic E-state index is 0.332. The molecule has 0 unspecified atom stereocenters. The largest absolute Gasteiger partial charge is 0.447 e. The highest BCUT2D eigenvalue weighted by Crippen LogP contribution is 2.24. The van der Waals surface area contributed by atoms with E-state index in [-0.39, 0.29) is 0 Å². The standard InChI is InChI=1S/C26H26N6O5S3/c1-16(33)37-22(18-10-6-3-7-11-18)24(36)28-26-32-30-20(40-26)13-15-38-14-12-19-29-31-25(39-19)27-23(35)21(34)17-8-4-2-5-9-17/h2-11,21-22,34H,12-15H2,1H3,(H,27,31,35)(H,28,32,36)/t21-,22-/m0/s1. The number of esters is 1. The number of benzene rings is 2. The summed E-state index contributed by atoms with van der Waals surface area (Å²) in [7, 11) is 0. The van der Waals surface area contributed by atoms with Gasteiger partial charge in [0.2, 0.25) is 16.4 Å². The summed E-state index contributed by atoms with van der Waals surface area (Å²) in [5, 5.41) is 34.0. The second-order valence-electron chi connectivity index (χ2n) is 8.31. The first-order chi connectivity index (χ1) is 19.4. The fraction of sp³-hybridized carbons (Fsp3) is 0.269. The maximum absolute atomic E-state index is 12.8. The fourth-order valence-electron chi connectivity index (χ4n) is 3.43. The monoisotopic (exact) mass is 598 g/mol. The van der Waals surface area contributed by atoms with Crippen LogP contribution in [0.15, 0.2) is 60.7 Å². The number of anilines is 2. The van der Waals surface area contributed by atoms with Gasteiger partial charge in [-0.05, 0) is 17.1 Å². The zero-order chi connectivity index (χ0) is 28.3. The molecule has 0 radical (unpaired) electrons. The Labute approximate surface area is 242 Å². The number of aliphatic hydroxyl groups excluding tert-OH is 1. The molecule has 2 amide bonds. The Morgan fingerprint density at radius 2 is 1.30 bits per heavy atom. The molecular formula is C26H26N6O5S3. The van der Waals surface area contributed by atoms with Gasteiger partial charge in [-0.15, -0.1) is 20.4 Å². The van der Waals surface area contributed by atoms with Crippen LogP contribution in [0.5, 0.6) is 0 Å². The number of aromatic nitrogens is 4. The van der Waals surface area contributed by atoms with Gasteiger partial charge in [-0.25, -0.2) is 0 Å². The van der Waals surface area contributed by atoms with E-state index < -0.39 is 30.0 Å². The second-order valence-corrected chi connectivity index (χ2v) is 11.7. The number of nitrogens with one attached hydrogen (secondary N) is 2. The van der Waals surface area contributed by atoms with Crippen LogP contribution in [0.2, 0.25) is 0 Å². The molecular weight excluding hydrogens is 573 g/mol. The van der Waals surface area contributed by atoms with Gasteiger partial charge in [0.25, 0.3) is 11.8 Å². The molecule has 4 rings (SSSR count). The Morgan fingerprint density at radius 1 is 0.800 bits per heavy atom. The van der Waals surface area contributed by atoms with Gasteiger partial charge < -0.3 is 9.84 Å². The van der Waals surface area contributed by atoms with E-state index in [4.69, 9.17) is 4.74 Å². The number of nitrogens with zero attached hydrogens (tertiary/aromatic N) is 4. The molecule has 0 fully saturated rings. The summed E-state index contributed by atoms with van der Waals surface area (Å²) >= 11 is 4.24. The lowest BCUT2D eigenvalue weighted by Crippen LogP contribution is -2.25. The third kappa shape index (κ3) is 8.64. The van der Waals surface area contributed by atoms with Crippen molar-refractivity contribution in [3.05, 3.63) is 81.8 Å². The summed E-state index contributed by atoms with van der Waals surface area (Å²) in [5.74, 6) is -0.0403. The molecule has 208 valence electrons. The average molecular weight is 599 g/mol. The zero-order valence-corrected chi connectivity index (χ0v) is 23.8. The lowest BCUT2D eigenvalue weighted by atomic mass is 10.1. The van der Waals surface area contributed by atoms with Crippen LogP contribution in [0.4, 0.5) is 10.3 Å².